The normalized spacial score (nSPS) is 18.2. The van der Waals surface area contributed by atoms with E-state index in [1.165, 1.54) is 0 Å². The van der Waals surface area contributed by atoms with E-state index in [1.54, 1.807) is 12.1 Å². The molecule has 0 bridgehead atoms. The van der Waals surface area contributed by atoms with E-state index < -0.39 is 18.3 Å². The predicted molar refractivity (Wildman–Crippen MR) is 76.5 cm³/mol. The highest BCUT2D eigenvalue weighted by atomic mass is 16.6. The molecule has 0 radical (unpaired) electrons. The Balaban J connectivity index is 1.91. The lowest BCUT2D eigenvalue weighted by Gasteiger charge is -2.30. The number of hydrogen-bond acceptors (Lipinski definition) is 5. The summed E-state index contributed by atoms with van der Waals surface area (Å²) in [5.74, 6) is 1.55. The fourth-order valence-electron chi connectivity index (χ4n) is 1.92. The number of aliphatic hydroxyl groups excluding tert-OH is 1. The number of carbonyl (C=O) groups excluding carboxylic acids is 1. The van der Waals surface area contributed by atoms with E-state index in [0.717, 1.165) is 0 Å². The van der Waals surface area contributed by atoms with Crippen LogP contribution in [0, 0.1) is 5.92 Å². The van der Waals surface area contributed by atoms with Gasteiger partial charge in [-0.3, -0.25) is 0 Å². The molecule has 2 atom stereocenters. The third-order valence-electron chi connectivity index (χ3n) is 3.04. The van der Waals surface area contributed by atoms with Gasteiger partial charge in [-0.25, -0.2) is 4.79 Å². The topological polar surface area (TPSA) is 77.0 Å². The SMILES string of the molecule is CC(C)CNC(=O)OC(CO)C1COc2ccccc2O1. The van der Waals surface area contributed by atoms with Crippen LogP contribution in [0.3, 0.4) is 0 Å². The molecule has 2 unspecified atom stereocenters. The molecule has 21 heavy (non-hydrogen) atoms. The van der Waals surface area contributed by atoms with Crippen molar-refractivity contribution in [3.63, 3.8) is 0 Å². The summed E-state index contributed by atoms with van der Waals surface area (Å²) in [6.45, 7) is 4.38. The van der Waals surface area contributed by atoms with Crippen molar-refractivity contribution in [2.75, 3.05) is 19.8 Å². The Morgan fingerprint density at radius 2 is 2.14 bits per heavy atom. The van der Waals surface area contributed by atoms with Crippen molar-refractivity contribution in [2.45, 2.75) is 26.1 Å². The molecule has 1 heterocycles. The fourth-order valence-corrected chi connectivity index (χ4v) is 1.92. The summed E-state index contributed by atoms with van der Waals surface area (Å²) in [6.07, 6.45) is -1.87. The summed E-state index contributed by atoms with van der Waals surface area (Å²) < 4.78 is 16.5. The Morgan fingerprint density at radius 3 is 2.81 bits per heavy atom. The summed E-state index contributed by atoms with van der Waals surface area (Å²) in [5, 5.41) is 12.0. The zero-order valence-electron chi connectivity index (χ0n) is 12.2. The molecule has 0 fully saturated rings. The van der Waals surface area contributed by atoms with Crippen molar-refractivity contribution in [1.82, 2.24) is 5.32 Å². The number of benzene rings is 1. The van der Waals surface area contributed by atoms with Crippen LogP contribution in [-0.4, -0.2) is 43.2 Å². The van der Waals surface area contributed by atoms with Crippen LogP contribution in [0.2, 0.25) is 0 Å². The lowest BCUT2D eigenvalue weighted by Crippen LogP contribution is -2.46. The second-order valence-corrected chi connectivity index (χ2v) is 5.32. The molecule has 6 nitrogen and oxygen atoms in total. The van der Waals surface area contributed by atoms with Crippen LogP contribution in [-0.2, 0) is 4.74 Å². The maximum absolute atomic E-state index is 11.7. The average molecular weight is 295 g/mol. The van der Waals surface area contributed by atoms with Gasteiger partial charge in [0, 0.05) is 6.54 Å². The molecule has 0 aromatic heterocycles. The van der Waals surface area contributed by atoms with Gasteiger partial charge < -0.3 is 24.6 Å². The summed E-state index contributed by atoms with van der Waals surface area (Å²) in [6, 6.07) is 7.25. The van der Waals surface area contributed by atoms with Crippen molar-refractivity contribution in [2.24, 2.45) is 5.92 Å². The highest BCUT2D eigenvalue weighted by Crippen LogP contribution is 2.31. The Kier molecular flexibility index (Phi) is 5.27. The van der Waals surface area contributed by atoms with Crippen LogP contribution in [0.1, 0.15) is 13.8 Å². The molecule has 1 aromatic carbocycles. The zero-order chi connectivity index (χ0) is 15.2. The third-order valence-corrected chi connectivity index (χ3v) is 3.04. The molecular formula is C15H21NO5. The Hall–Kier alpha value is -1.95. The van der Waals surface area contributed by atoms with Crippen LogP contribution >= 0.6 is 0 Å². The Morgan fingerprint density at radius 1 is 1.43 bits per heavy atom. The third kappa shape index (κ3) is 4.26. The summed E-state index contributed by atoms with van der Waals surface area (Å²) in [7, 11) is 0. The van der Waals surface area contributed by atoms with Crippen LogP contribution in [0.25, 0.3) is 0 Å². The van der Waals surface area contributed by atoms with E-state index in [-0.39, 0.29) is 13.2 Å². The van der Waals surface area contributed by atoms with E-state index in [4.69, 9.17) is 14.2 Å². The van der Waals surface area contributed by atoms with Gasteiger partial charge in [0.2, 0.25) is 0 Å². The molecule has 0 spiro atoms. The molecule has 116 valence electrons. The highest BCUT2D eigenvalue weighted by molar-refractivity contribution is 5.67. The van der Waals surface area contributed by atoms with Crippen molar-refractivity contribution >= 4 is 6.09 Å². The second-order valence-electron chi connectivity index (χ2n) is 5.32. The highest BCUT2D eigenvalue weighted by Gasteiger charge is 2.31. The van der Waals surface area contributed by atoms with Gasteiger partial charge in [-0.05, 0) is 18.1 Å². The second kappa shape index (κ2) is 7.17. The molecule has 0 saturated carbocycles. The molecule has 0 aliphatic carbocycles. The first-order valence-electron chi connectivity index (χ1n) is 7.04. The molecule has 1 aromatic rings. The van der Waals surface area contributed by atoms with Gasteiger partial charge in [-0.2, -0.15) is 0 Å². The minimum absolute atomic E-state index is 0.222. The minimum Gasteiger partial charge on any atom is -0.486 e. The maximum atomic E-state index is 11.7. The number of hydrogen-bond donors (Lipinski definition) is 2. The smallest absolute Gasteiger partial charge is 0.407 e. The summed E-state index contributed by atoms with van der Waals surface area (Å²) in [5.41, 5.74) is 0. The van der Waals surface area contributed by atoms with Gasteiger partial charge in [-0.15, -0.1) is 0 Å². The quantitative estimate of drug-likeness (QED) is 0.862. The Bertz CT molecular complexity index is 477. The number of alkyl carbamates (subject to hydrolysis) is 1. The molecule has 1 amide bonds. The molecule has 2 N–H and O–H groups in total. The van der Waals surface area contributed by atoms with E-state index in [1.807, 2.05) is 26.0 Å². The number of aliphatic hydroxyl groups is 1. The van der Waals surface area contributed by atoms with E-state index in [9.17, 15) is 9.90 Å². The fraction of sp³-hybridized carbons (Fsp3) is 0.533. The maximum Gasteiger partial charge on any atom is 0.407 e. The number of rotatable bonds is 5. The predicted octanol–water partition coefficient (Wildman–Crippen LogP) is 1.57. The number of amides is 1. The van der Waals surface area contributed by atoms with Gasteiger partial charge in [0.15, 0.2) is 23.7 Å². The van der Waals surface area contributed by atoms with Crippen LogP contribution in [0.4, 0.5) is 4.79 Å². The van der Waals surface area contributed by atoms with Crippen molar-refractivity contribution in [1.29, 1.82) is 0 Å². The average Bonchev–Trinajstić information content (AvgIpc) is 2.50. The first-order chi connectivity index (χ1) is 10.1. The Labute approximate surface area is 124 Å². The lowest BCUT2D eigenvalue weighted by molar-refractivity contribution is -0.0429. The number of para-hydroxylation sites is 2. The van der Waals surface area contributed by atoms with Gasteiger partial charge in [0.25, 0.3) is 0 Å². The molecule has 6 heteroatoms. The molecule has 1 aliphatic heterocycles. The number of carbonyl (C=O) groups is 1. The van der Waals surface area contributed by atoms with Gasteiger partial charge >= 0.3 is 6.09 Å². The number of fused-ring (bicyclic) bond motifs is 1. The molecule has 1 aliphatic rings. The summed E-state index contributed by atoms with van der Waals surface area (Å²) in [4.78, 5) is 11.7. The van der Waals surface area contributed by atoms with Crippen LogP contribution in [0.5, 0.6) is 11.5 Å². The van der Waals surface area contributed by atoms with Gasteiger partial charge in [0.1, 0.15) is 6.61 Å². The van der Waals surface area contributed by atoms with Crippen LogP contribution in [0.15, 0.2) is 24.3 Å². The lowest BCUT2D eigenvalue weighted by atomic mass is 10.2. The van der Waals surface area contributed by atoms with Crippen molar-refractivity contribution in [3.8, 4) is 11.5 Å². The van der Waals surface area contributed by atoms with E-state index in [0.29, 0.717) is 24.0 Å². The summed E-state index contributed by atoms with van der Waals surface area (Å²) >= 11 is 0. The van der Waals surface area contributed by atoms with Crippen molar-refractivity contribution < 1.29 is 24.1 Å². The van der Waals surface area contributed by atoms with E-state index in [2.05, 4.69) is 5.32 Å². The van der Waals surface area contributed by atoms with Gasteiger partial charge in [0.05, 0.1) is 6.61 Å². The number of nitrogens with one attached hydrogen (secondary N) is 1. The molecule has 0 saturated heterocycles. The van der Waals surface area contributed by atoms with Crippen molar-refractivity contribution in [3.05, 3.63) is 24.3 Å². The minimum atomic E-state index is -0.773. The standard InChI is InChI=1S/C15H21NO5/c1-10(2)7-16-15(18)21-13(8-17)14-9-19-11-5-3-4-6-12(11)20-14/h3-6,10,13-14,17H,7-9H2,1-2H3,(H,16,18). The zero-order valence-corrected chi connectivity index (χ0v) is 12.2. The molecular weight excluding hydrogens is 274 g/mol. The number of ether oxygens (including phenoxy) is 3. The monoisotopic (exact) mass is 295 g/mol. The van der Waals surface area contributed by atoms with E-state index >= 15 is 0 Å². The molecule has 2 rings (SSSR count). The first kappa shape index (κ1) is 15.4. The van der Waals surface area contributed by atoms with Crippen LogP contribution < -0.4 is 14.8 Å². The van der Waals surface area contributed by atoms with Gasteiger partial charge in [-0.1, -0.05) is 26.0 Å². The first-order valence-corrected chi connectivity index (χ1v) is 7.04. The largest absolute Gasteiger partial charge is 0.486 e.